The summed E-state index contributed by atoms with van der Waals surface area (Å²) in [4.78, 5) is 13.9. The van der Waals surface area contributed by atoms with Crippen molar-refractivity contribution in [1.29, 1.82) is 0 Å². The van der Waals surface area contributed by atoms with E-state index >= 15 is 0 Å². The van der Waals surface area contributed by atoms with Crippen LogP contribution in [0.4, 0.5) is 4.39 Å². The first-order valence-corrected chi connectivity index (χ1v) is 6.77. The van der Waals surface area contributed by atoms with Crippen LogP contribution in [-0.2, 0) is 16.8 Å². The SMILES string of the molecule is Cc1nn(CC(=O)NCCN(C)C)c(C(C)(C)C)c1F. The number of amides is 1. The van der Waals surface area contributed by atoms with Crippen molar-refractivity contribution in [3.05, 3.63) is 17.2 Å². The first kappa shape index (κ1) is 16.6. The van der Waals surface area contributed by atoms with Gasteiger partial charge in [0.2, 0.25) is 5.91 Å². The molecule has 0 aliphatic heterocycles. The molecule has 0 atom stereocenters. The molecule has 0 radical (unpaired) electrons. The Balaban J connectivity index is 2.78. The Labute approximate surface area is 120 Å². The minimum atomic E-state index is -0.394. The van der Waals surface area contributed by atoms with Crippen LogP contribution in [0.2, 0.25) is 0 Å². The van der Waals surface area contributed by atoms with Gasteiger partial charge in [-0.1, -0.05) is 20.8 Å². The van der Waals surface area contributed by atoms with Gasteiger partial charge in [-0.05, 0) is 21.0 Å². The van der Waals surface area contributed by atoms with Gasteiger partial charge in [-0.2, -0.15) is 5.10 Å². The van der Waals surface area contributed by atoms with E-state index in [1.807, 2.05) is 39.8 Å². The van der Waals surface area contributed by atoms with Gasteiger partial charge >= 0.3 is 0 Å². The third-order valence-corrected chi connectivity index (χ3v) is 2.94. The van der Waals surface area contributed by atoms with Gasteiger partial charge in [-0.25, -0.2) is 4.39 Å². The number of nitrogens with zero attached hydrogens (tertiary/aromatic N) is 3. The van der Waals surface area contributed by atoms with E-state index < -0.39 is 5.41 Å². The molecule has 0 aliphatic rings. The standard InChI is InChI=1S/C14H25FN4O/c1-10-12(15)13(14(2,3)4)19(17-10)9-11(20)16-7-8-18(5)6/h7-9H2,1-6H3,(H,16,20). The number of halogens is 1. The van der Waals surface area contributed by atoms with E-state index in [9.17, 15) is 9.18 Å². The Morgan fingerprint density at radius 1 is 1.40 bits per heavy atom. The summed E-state index contributed by atoms with van der Waals surface area (Å²) in [6.45, 7) is 8.73. The number of hydrogen-bond acceptors (Lipinski definition) is 3. The molecule has 20 heavy (non-hydrogen) atoms. The summed E-state index contributed by atoms with van der Waals surface area (Å²) in [6.07, 6.45) is 0. The molecule has 0 fully saturated rings. The molecule has 114 valence electrons. The third-order valence-electron chi connectivity index (χ3n) is 2.94. The van der Waals surface area contributed by atoms with Crippen LogP contribution in [0.1, 0.15) is 32.2 Å². The molecule has 0 aromatic carbocycles. The molecule has 0 unspecified atom stereocenters. The van der Waals surface area contributed by atoms with Crippen LogP contribution >= 0.6 is 0 Å². The lowest BCUT2D eigenvalue weighted by Crippen LogP contribution is -2.35. The van der Waals surface area contributed by atoms with Crippen molar-refractivity contribution in [3.8, 4) is 0 Å². The van der Waals surface area contributed by atoms with E-state index in [0.29, 0.717) is 17.9 Å². The van der Waals surface area contributed by atoms with Crippen LogP contribution in [0.5, 0.6) is 0 Å². The van der Waals surface area contributed by atoms with Gasteiger partial charge in [0, 0.05) is 18.5 Å². The van der Waals surface area contributed by atoms with E-state index in [0.717, 1.165) is 6.54 Å². The smallest absolute Gasteiger partial charge is 0.241 e. The molecular formula is C14H25FN4O. The van der Waals surface area contributed by atoms with Gasteiger partial charge in [0.1, 0.15) is 6.54 Å². The molecule has 1 aromatic rings. The van der Waals surface area contributed by atoms with Crippen LogP contribution in [0.15, 0.2) is 0 Å². The quantitative estimate of drug-likeness (QED) is 0.887. The van der Waals surface area contributed by atoms with Gasteiger partial charge in [-0.3, -0.25) is 9.48 Å². The number of rotatable bonds is 5. The topological polar surface area (TPSA) is 50.2 Å². The second-order valence-corrected chi connectivity index (χ2v) is 6.31. The highest BCUT2D eigenvalue weighted by molar-refractivity contribution is 5.75. The molecule has 5 nitrogen and oxygen atoms in total. The summed E-state index contributed by atoms with van der Waals surface area (Å²) in [5, 5.41) is 6.94. The summed E-state index contributed by atoms with van der Waals surface area (Å²) >= 11 is 0. The molecule has 1 heterocycles. The number of aromatic nitrogens is 2. The first-order valence-electron chi connectivity index (χ1n) is 6.77. The van der Waals surface area contributed by atoms with Gasteiger partial charge < -0.3 is 10.2 Å². The Morgan fingerprint density at radius 2 is 2.00 bits per heavy atom. The van der Waals surface area contributed by atoms with Crippen molar-refractivity contribution in [1.82, 2.24) is 20.0 Å². The van der Waals surface area contributed by atoms with E-state index in [1.54, 1.807) is 6.92 Å². The molecule has 0 spiro atoms. The Morgan fingerprint density at radius 3 is 2.50 bits per heavy atom. The highest BCUT2D eigenvalue weighted by atomic mass is 19.1. The number of hydrogen-bond donors (Lipinski definition) is 1. The van der Waals surface area contributed by atoms with Crippen molar-refractivity contribution in [3.63, 3.8) is 0 Å². The second kappa shape index (κ2) is 6.35. The lowest BCUT2D eigenvalue weighted by atomic mass is 9.91. The second-order valence-electron chi connectivity index (χ2n) is 6.31. The zero-order valence-corrected chi connectivity index (χ0v) is 13.2. The Hall–Kier alpha value is -1.43. The maximum Gasteiger partial charge on any atom is 0.241 e. The normalized spacial score (nSPS) is 12.0. The number of aryl methyl sites for hydroxylation is 1. The zero-order valence-electron chi connectivity index (χ0n) is 13.2. The maximum atomic E-state index is 14.1. The van der Waals surface area contributed by atoms with Gasteiger partial charge in [0.25, 0.3) is 0 Å². The first-order chi connectivity index (χ1) is 9.12. The minimum absolute atomic E-state index is 0.0464. The average molecular weight is 284 g/mol. The molecule has 6 heteroatoms. The largest absolute Gasteiger partial charge is 0.353 e. The molecule has 1 aromatic heterocycles. The summed E-state index contributed by atoms with van der Waals surface area (Å²) in [7, 11) is 3.88. The number of likely N-dealkylation sites (N-methyl/N-ethyl adjacent to an activating group) is 1. The summed E-state index contributed by atoms with van der Waals surface area (Å²) in [5.74, 6) is -0.474. The molecule has 0 bridgehead atoms. The molecule has 0 saturated carbocycles. The summed E-state index contributed by atoms with van der Waals surface area (Å²) < 4.78 is 15.6. The van der Waals surface area contributed by atoms with Crippen molar-refractivity contribution < 1.29 is 9.18 Å². The van der Waals surface area contributed by atoms with Crippen LogP contribution in [0, 0.1) is 12.7 Å². The van der Waals surface area contributed by atoms with Crippen molar-refractivity contribution in [2.24, 2.45) is 0 Å². The number of carbonyl (C=O) groups is 1. The fourth-order valence-corrected chi connectivity index (χ4v) is 2.00. The predicted octanol–water partition coefficient (Wildman–Crippen LogP) is 1.31. The number of nitrogens with one attached hydrogen (secondary N) is 1. The third kappa shape index (κ3) is 4.30. The zero-order chi connectivity index (χ0) is 15.5. The van der Waals surface area contributed by atoms with Crippen LogP contribution in [-0.4, -0.2) is 47.8 Å². The van der Waals surface area contributed by atoms with Crippen molar-refractivity contribution >= 4 is 5.91 Å². The van der Waals surface area contributed by atoms with E-state index in [4.69, 9.17) is 0 Å². The van der Waals surface area contributed by atoms with Crippen molar-refractivity contribution in [2.45, 2.75) is 39.7 Å². The molecule has 1 N–H and O–H groups in total. The van der Waals surface area contributed by atoms with Crippen LogP contribution in [0.3, 0.4) is 0 Å². The molecule has 1 rings (SSSR count). The molecule has 0 saturated heterocycles. The fraction of sp³-hybridized carbons (Fsp3) is 0.714. The van der Waals surface area contributed by atoms with Crippen LogP contribution in [0.25, 0.3) is 0 Å². The van der Waals surface area contributed by atoms with E-state index in [-0.39, 0.29) is 18.3 Å². The van der Waals surface area contributed by atoms with E-state index in [1.165, 1.54) is 4.68 Å². The number of carbonyl (C=O) groups excluding carboxylic acids is 1. The van der Waals surface area contributed by atoms with Crippen LogP contribution < -0.4 is 5.32 Å². The average Bonchev–Trinajstić information content (AvgIpc) is 2.52. The van der Waals surface area contributed by atoms with Crippen molar-refractivity contribution in [2.75, 3.05) is 27.2 Å². The minimum Gasteiger partial charge on any atom is -0.353 e. The maximum absolute atomic E-state index is 14.1. The monoisotopic (exact) mass is 284 g/mol. The molecule has 1 amide bonds. The fourth-order valence-electron chi connectivity index (χ4n) is 2.00. The Bertz CT molecular complexity index is 474. The summed E-state index contributed by atoms with van der Waals surface area (Å²) in [6, 6.07) is 0. The molecule has 0 aliphatic carbocycles. The predicted molar refractivity (Wildman–Crippen MR) is 77.2 cm³/mol. The summed E-state index contributed by atoms with van der Waals surface area (Å²) in [5.41, 5.74) is 0.406. The van der Waals surface area contributed by atoms with Gasteiger partial charge in [0.05, 0.1) is 11.4 Å². The Kier molecular flexibility index (Phi) is 5.28. The van der Waals surface area contributed by atoms with E-state index in [2.05, 4.69) is 10.4 Å². The lowest BCUT2D eigenvalue weighted by Gasteiger charge is -2.20. The highest BCUT2D eigenvalue weighted by Crippen LogP contribution is 2.26. The van der Waals surface area contributed by atoms with Gasteiger partial charge in [-0.15, -0.1) is 0 Å². The molecular weight excluding hydrogens is 259 g/mol. The highest BCUT2D eigenvalue weighted by Gasteiger charge is 2.27. The lowest BCUT2D eigenvalue weighted by molar-refractivity contribution is -0.121. The van der Waals surface area contributed by atoms with Gasteiger partial charge in [0.15, 0.2) is 5.82 Å².